The molecule has 0 bridgehead atoms. The van der Waals surface area contributed by atoms with E-state index in [9.17, 15) is 0 Å². The Morgan fingerprint density at radius 2 is 2.21 bits per heavy atom. The summed E-state index contributed by atoms with van der Waals surface area (Å²) < 4.78 is 12.6. The molecule has 2 aliphatic heterocycles. The number of ether oxygens (including phenoxy) is 2. The molecule has 0 amide bonds. The third kappa shape index (κ3) is 6.15. The molecule has 3 rings (SSSR count). The van der Waals surface area contributed by atoms with E-state index in [-0.39, 0.29) is 0 Å². The number of nitrogens with zero attached hydrogens (tertiary/aromatic N) is 5. The van der Waals surface area contributed by atoms with Crippen molar-refractivity contribution in [1.29, 1.82) is 0 Å². The van der Waals surface area contributed by atoms with Crippen molar-refractivity contribution in [2.75, 3.05) is 53.0 Å². The standard InChI is InChI=1S/C19H35N7O2/c1-4-20-19(21-11-15(2)12-25-7-9-28-10-8-25)22-16-5-6-18-23-17(14-27-3)24-26(18)13-16/h15-16H,4-14H2,1-3H3,(H2,20,21,22). The Labute approximate surface area is 167 Å². The van der Waals surface area contributed by atoms with Crippen molar-refractivity contribution in [2.45, 2.75) is 45.9 Å². The van der Waals surface area contributed by atoms with Gasteiger partial charge >= 0.3 is 0 Å². The van der Waals surface area contributed by atoms with Crippen LogP contribution in [0.1, 0.15) is 31.9 Å². The van der Waals surface area contributed by atoms with Gasteiger partial charge in [0.2, 0.25) is 0 Å². The third-order valence-corrected chi connectivity index (χ3v) is 5.10. The Morgan fingerprint density at radius 3 is 2.96 bits per heavy atom. The lowest BCUT2D eigenvalue weighted by Gasteiger charge is -2.29. The van der Waals surface area contributed by atoms with Crippen LogP contribution in [0.3, 0.4) is 0 Å². The van der Waals surface area contributed by atoms with Gasteiger partial charge in [0.05, 0.1) is 19.8 Å². The van der Waals surface area contributed by atoms with Gasteiger partial charge in [0.15, 0.2) is 11.8 Å². The lowest BCUT2D eigenvalue weighted by Crippen LogP contribution is -2.47. The Hall–Kier alpha value is -1.71. The molecule has 0 aromatic carbocycles. The number of aryl methyl sites for hydroxylation is 1. The van der Waals surface area contributed by atoms with Gasteiger partial charge < -0.3 is 20.1 Å². The minimum absolute atomic E-state index is 0.303. The first-order valence-electron chi connectivity index (χ1n) is 10.4. The molecule has 158 valence electrons. The molecule has 2 unspecified atom stereocenters. The second-order valence-electron chi connectivity index (χ2n) is 7.68. The average Bonchev–Trinajstić information content (AvgIpc) is 3.09. The van der Waals surface area contributed by atoms with E-state index in [1.165, 1.54) is 0 Å². The van der Waals surface area contributed by atoms with Gasteiger partial charge in [-0.2, -0.15) is 5.10 Å². The number of hydrogen-bond acceptors (Lipinski definition) is 6. The summed E-state index contributed by atoms with van der Waals surface area (Å²) in [5.41, 5.74) is 0. The zero-order valence-corrected chi connectivity index (χ0v) is 17.5. The average molecular weight is 394 g/mol. The summed E-state index contributed by atoms with van der Waals surface area (Å²) in [7, 11) is 1.67. The first-order chi connectivity index (χ1) is 13.7. The predicted octanol–water partition coefficient (Wildman–Crippen LogP) is 0.263. The largest absolute Gasteiger partial charge is 0.379 e. The van der Waals surface area contributed by atoms with Gasteiger partial charge in [-0.15, -0.1) is 0 Å². The molecule has 1 saturated heterocycles. The first kappa shape index (κ1) is 21.0. The van der Waals surface area contributed by atoms with Crippen LogP contribution in [0.4, 0.5) is 0 Å². The molecule has 0 saturated carbocycles. The van der Waals surface area contributed by atoms with Crippen LogP contribution in [0.15, 0.2) is 4.99 Å². The normalized spacial score (nSPS) is 22.0. The van der Waals surface area contributed by atoms with Crippen molar-refractivity contribution >= 4 is 5.96 Å². The van der Waals surface area contributed by atoms with E-state index in [0.29, 0.717) is 18.6 Å². The van der Waals surface area contributed by atoms with E-state index in [2.05, 4.69) is 39.5 Å². The molecule has 0 radical (unpaired) electrons. The van der Waals surface area contributed by atoms with Crippen LogP contribution in [0.2, 0.25) is 0 Å². The molecule has 1 fully saturated rings. The van der Waals surface area contributed by atoms with E-state index >= 15 is 0 Å². The summed E-state index contributed by atoms with van der Waals surface area (Å²) in [6, 6.07) is 0.303. The smallest absolute Gasteiger partial charge is 0.191 e. The monoisotopic (exact) mass is 393 g/mol. The summed E-state index contributed by atoms with van der Waals surface area (Å²) in [5.74, 6) is 3.21. The topological polar surface area (TPSA) is 88.8 Å². The maximum atomic E-state index is 5.43. The fourth-order valence-corrected chi connectivity index (χ4v) is 3.71. The van der Waals surface area contributed by atoms with Crippen molar-refractivity contribution in [2.24, 2.45) is 10.9 Å². The molecular weight excluding hydrogens is 358 g/mol. The Kier molecular flexibility index (Phi) is 8.05. The van der Waals surface area contributed by atoms with Gasteiger partial charge in [-0.25, -0.2) is 9.67 Å². The second-order valence-corrected chi connectivity index (χ2v) is 7.68. The lowest BCUT2D eigenvalue weighted by atomic mass is 10.1. The van der Waals surface area contributed by atoms with Crippen molar-refractivity contribution < 1.29 is 9.47 Å². The number of rotatable bonds is 8. The van der Waals surface area contributed by atoms with E-state index in [1.54, 1.807) is 7.11 Å². The molecular formula is C19H35N7O2. The molecule has 0 aliphatic carbocycles. The van der Waals surface area contributed by atoms with E-state index in [0.717, 1.165) is 82.9 Å². The Morgan fingerprint density at radius 1 is 1.39 bits per heavy atom. The van der Waals surface area contributed by atoms with Gasteiger partial charge in [0.25, 0.3) is 0 Å². The summed E-state index contributed by atoms with van der Waals surface area (Å²) in [6.45, 7) is 12.1. The first-order valence-corrected chi connectivity index (χ1v) is 10.4. The van der Waals surface area contributed by atoms with Gasteiger partial charge in [-0.1, -0.05) is 6.92 Å². The zero-order chi connectivity index (χ0) is 19.8. The minimum atomic E-state index is 0.303. The molecule has 0 spiro atoms. The Bertz CT molecular complexity index is 628. The van der Waals surface area contributed by atoms with Crippen LogP contribution in [0, 0.1) is 5.92 Å². The molecule has 1 aromatic rings. The van der Waals surface area contributed by atoms with Crippen LogP contribution >= 0.6 is 0 Å². The SMILES string of the molecule is CCNC(=NCC(C)CN1CCOCC1)NC1CCc2nc(COC)nn2C1. The second kappa shape index (κ2) is 10.7. The number of hydrogen-bond donors (Lipinski definition) is 2. The summed E-state index contributed by atoms with van der Waals surface area (Å²) in [6.07, 6.45) is 1.94. The molecule has 2 aliphatic rings. The van der Waals surface area contributed by atoms with E-state index in [4.69, 9.17) is 14.5 Å². The maximum absolute atomic E-state index is 5.43. The van der Waals surface area contributed by atoms with Crippen molar-refractivity contribution in [3.63, 3.8) is 0 Å². The minimum Gasteiger partial charge on any atom is -0.379 e. The van der Waals surface area contributed by atoms with Crippen LogP contribution < -0.4 is 10.6 Å². The van der Waals surface area contributed by atoms with Crippen molar-refractivity contribution in [3.8, 4) is 0 Å². The summed E-state index contributed by atoms with van der Waals surface area (Å²) >= 11 is 0. The van der Waals surface area contributed by atoms with Gasteiger partial charge in [-0.3, -0.25) is 9.89 Å². The van der Waals surface area contributed by atoms with Gasteiger partial charge in [0.1, 0.15) is 12.4 Å². The van der Waals surface area contributed by atoms with Crippen LogP contribution in [0.5, 0.6) is 0 Å². The molecule has 2 atom stereocenters. The third-order valence-electron chi connectivity index (χ3n) is 5.10. The maximum Gasteiger partial charge on any atom is 0.191 e. The van der Waals surface area contributed by atoms with Crippen LogP contribution in [-0.2, 0) is 29.0 Å². The molecule has 28 heavy (non-hydrogen) atoms. The highest BCUT2D eigenvalue weighted by molar-refractivity contribution is 5.80. The van der Waals surface area contributed by atoms with Gasteiger partial charge in [-0.05, 0) is 19.3 Å². The molecule has 2 N–H and O–H groups in total. The molecule has 3 heterocycles. The number of aromatic nitrogens is 3. The number of morpholine rings is 1. The van der Waals surface area contributed by atoms with Crippen molar-refractivity contribution in [1.82, 2.24) is 30.3 Å². The fraction of sp³-hybridized carbons (Fsp3) is 0.842. The van der Waals surface area contributed by atoms with E-state index in [1.807, 2.05) is 4.68 Å². The van der Waals surface area contributed by atoms with Crippen molar-refractivity contribution in [3.05, 3.63) is 11.6 Å². The molecule has 1 aromatic heterocycles. The number of fused-ring (bicyclic) bond motifs is 1. The van der Waals surface area contributed by atoms with Crippen LogP contribution in [0.25, 0.3) is 0 Å². The highest BCUT2D eigenvalue weighted by atomic mass is 16.5. The van der Waals surface area contributed by atoms with Crippen LogP contribution in [-0.4, -0.2) is 84.7 Å². The quantitative estimate of drug-likeness (QED) is 0.484. The zero-order valence-electron chi connectivity index (χ0n) is 17.5. The van der Waals surface area contributed by atoms with Gasteiger partial charge in [0, 0.05) is 52.3 Å². The number of aliphatic imine (C=N–C) groups is 1. The lowest BCUT2D eigenvalue weighted by molar-refractivity contribution is 0.0323. The number of methoxy groups -OCH3 is 1. The molecule has 9 heteroatoms. The highest BCUT2D eigenvalue weighted by Gasteiger charge is 2.22. The number of nitrogens with one attached hydrogen (secondary N) is 2. The predicted molar refractivity (Wildman–Crippen MR) is 108 cm³/mol. The number of guanidine groups is 1. The molecule has 9 nitrogen and oxygen atoms in total. The Balaban J connectivity index is 1.51. The van der Waals surface area contributed by atoms with E-state index < -0.39 is 0 Å². The fourth-order valence-electron chi connectivity index (χ4n) is 3.71. The highest BCUT2D eigenvalue weighted by Crippen LogP contribution is 2.13. The summed E-state index contributed by atoms with van der Waals surface area (Å²) in [5, 5.41) is 11.5. The summed E-state index contributed by atoms with van der Waals surface area (Å²) in [4.78, 5) is 11.8.